The molecule has 12 heteroatoms. The number of carboxylic acids is 4. The molecule has 0 saturated carbocycles. The van der Waals surface area contributed by atoms with Crippen molar-refractivity contribution in [2.75, 3.05) is 0 Å². The zero-order valence-corrected chi connectivity index (χ0v) is 26.8. The summed E-state index contributed by atoms with van der Waals surface area (Å²) in [6.07, 6.45) is 1.73. The molecule has 48 heavy (non-hydrogen) atoms. The van der Waals surface area contributed by atoms with E-state index in [1.165, 1.54) is 0 Å². The number of carboxylic acid groups (broad SMARTS) is 4. The summed E-state index contributed by atoms with van der Waals surface area (Å²) in [5, 5.41) is 41.3. The summed E-state index contributed by atoms with van der Waals surface area (Å²) >= 11 is 0. The van der Waals surface area contributed by atoms with Gasteiger partial charge in [-0.2, -0.15) is 0 Å². The van der Waals surface area contributed by atoms with E-state index >= 15 is 0 Å². The molecule has 0 radical (unpaired) electrons. The minimum absolute atomic E-state index is 0.434. The molecule has 12 N–H and O–H groups in total. The summed E-state index contributed by atoms with van der Waals surface area (Å²) in [6.45, 7) is 0. The van der Waals surface area contributed by atoms with Gasteiger partial charge in [-0.25, -0.2) is 0 Å². The van der Waals surface area contributed by atoms with E-state index in [2.05, 4.69) is 22.9 Å². The SMILES string of the molecule is [NH3+][C@@H](Cc1ccccc1)C(=O)[O-].[NH3+][C@@H](Cc1ccccc1)C(=O)[O-].[NH3+][C@@H](Cc1ccccc1)C(=O)[O-].[NH3+][C@@H](Cc1ccccc1)C(=O)[O-]. The molecule has 0 aliphatic carbocycles. The molecule has 0 heterocycles. The van der Waals surface area contributed by atoms with Gasteiger partial charge in [-0.05, 0) is 22.3 Å². The first-order valence-electron chi connectivity index (χ1n) is 15.1. The molecule has 0 aliphatic heterocycles. The molecule has 0 amide bonds. The Balaban J connectivity index is 0.000000320. The molecule has 4 rings (SSSR count). The van der Waals surface area contributed by atoms with Crippen LogP contribution in [0.3, 0.4) is 0 Å². The standard InChI is InChI=1S/4C9H11NO2/c4*10-8(9(11)12)6-7-4-2-1-3-5-7/h4*1-5,8H,6,10H2,(H,11,12)/t4*8-/m0000/s1. The van der Waals surface area contributed by atoms with Crippen molar-refractivity contribution in [1.29, 1.82) is 0 Å². The second-order valence-electron chi connectivity index (χ2n) is 10.8. The second kappa shape index (κ2) is 23.0. The first kappa shape index (κ1) is 40.6. The van der Waals surface area contributed by atoms with Gasteiger partial charge in [0.05, 0.1) is 23.9 Å². The van der Waals surface area contributed by atoms with Crippen LogP contribution in [0.1, 0.15) is 22.3 Å². The van der Waals surface area contributed by atoms with Crippen LogP contribution >= 0.6 is 0 Å². The number of aliphatic carboxylic acids is 4. The van der Waals surface area contributed by atoms with Crippen molar-refractivity contribution in [1.82, 2.24) is 0 Å². The maximum Gasteiger partial charge on any atom is 0.129 e. The molecule has 0 spiro atoms. The van der Waals surface area contributed by atoms with E-state index < -0.39 is 48.0 Å². The van der Waals surface area contributed by atoms with Gasteiger partial charge in [-0.15, -0.1) is 0 Å². The lowest BCUT2D eigenvalue weighted by molar-refractivity contribution is -0.437. The lowest BCUT2D eigenvalue weighted by Crippen LogP contribution is -2.69. The fraction of sp³-hybridized carbons (Fsp3) is 0.222. The smallest absolute Gasteiger partial charge is 0.129 e. The molecular weight excluding hydrogens is 616 g/mol. The molecular formula is C36H44N4O8. The van der Waals surface area contributed by atoms with Crippen LogP contribution in [-0.2, 0) is 44.9 Å². The highest BCUT2D eigenvalue weighted by atomic mass is 16.4. The van der Waals surface area contributed by atoms with Crippen LogP contribution in [0.15, 0.2) is 121 Å². The van der Waals surface area contributed by atoms with Crippen LogP contribution in [-0.4, -0.2) is 48.0 Å². The summed E-state index contributed by atoms with van der Waals surface area (Å²) in [4.78, 5) is 41.3. The number of benzene rings is 4. The summed E-state index contributed by atoms with van der Waals surface area (Å²) < 4.78 is 0. The lowest BCUT2D eigenvalue weighted by Gasteiger charge is -2.08. The third-order valence-electron chi connectivity index (χ3n) is 6.63. The van der Waals surface area contributed by atoms with Crippen LogP contribution < -0.4 is 43.4 Å². The summed E-state index contributed by atoms with van der Waals surface area (Å²) in [7, 11) is 0. The first-order chi connectivity index (χ1) is 22.8. The first-order valence-corrected chi connectivity index (χ1v) is 15.1. The van der Waals surface area contributed by atoms with Crippen LogP contribution in [0.5, 0.6) is 0 Å². The normalized spacial score (nSPS) is 12.4. The molecule has 0 fully saturated rings. The third kappa shape index (κ3) is 18.5. The number of quaternary nitrogens is 4. The number of hydrogen-bond donors (Lipinski definition) is 4. The van der Waals surface area contributed by atoms with Gasteiger partial charge in [0.2, 0.25) is 0 Å². The zero-order chi connectivity index (χ0) is 35.9. The predicted octanol–water partition coefficient (Wildman–Crippen LogP) is -5.64. The van der Waals surface area contributed by atoms with Crippen LogP contribution in [0, 0.1) is 0 Å². The average Bonchev–Trinajstić information content (AvgIpc) is 3.07. The van der Waals surface area contributed by atoms with Crippen molar-refractivity contribution in [2.24, 2.45) is 0 Å². The molecule has 12 nitrogen and oxygen atoms in total. The van der Waals surface area contributed by atoms with Gasteiger partial charge >= 0.3 is 0 Å². The Bertz CT molecular complexity index is 1260. The second-order valence-corrected chi connectivity index (χ2v) is 10.8. The molecule has 256 valence electrons. The highest BCUT2D eigenvalue weighted by Crippen LogP contribution is 2.02. The molecule has 4 atom stereocenters. The quantitative estimate of drug-likeness (QED) is 0.113. The summed E-state index contributed by atoms with van der Waals surface area (Å²) in [5.74, 6) is -4.39. The van der Waals surface area contributed by atoms with Crippen molar-refractivity contribution >= 4 is 23.9 Å². The third-order valence-corrected chi connectivity index (χ3v) is 6.63. The molecule has 4 aromatic rings. The predicted molar refractivity (Wildman–Crippen MR) is 167 cm³/mol. The molecule has 0 unspecified atom stereocenters. The van der Waals surface area contributed by atoms with E-state index in [4.69, 9.17) is 0 Å². The maximum atomic E-state index is 10.3. The minimum atomic E-state index is -1.10. The van der Waals surface area contributed by atoms with Gasteiger partial charge in [0, 0.05) is 25.7 Å². The molecule has 0 saturated heterocycles. The largest absolute Gasteiger partial charge is 0.544 e. The number of rotatable bonds is 12. The average molecular weight is 661 g/mol. The Kier molecular flexibility index (Phi) is 19.5. The Hall–Kier alpha value is -5.40. The highest BCUT2D eigenvalue weighted by Gasteiger charge is 2.09. The van der Waals surface area contributed by atoms with Crippen LogP contribution in [0.25, 0.3) is 0 Å². The van der Waals surface area contributed by atoms with Gasteiger partial charge in [-0.1, -0.05) is 121 Å². The van der Waals surface area contributed by atoms with Gasteiger partial charge in [0.25, 0.3) is 0 Å². The highest BCUT2D eigenvalue weighted by molar-refractivity contribution is 5.70. The fourth-order valence-electron chi connectivity index (χ4n) is 3.93. The zero-order valence-electron chi connectivity index (χ0n) is 26.8. The fourth-order valence-corrected chi connectivity index (χ4v) is 3.93. The van der Waals surface area contributed by atoms with Gasteiger partial charge in [0.1, 0.15) is 24.2 Å². The van der Waals surface area contributed by atoms with Crippen molar-refractivity contribution in [3.8, 4) is 0 Å². The molecule has 0 aliphatic rings. The Morgan fingerprint density at radius 2 is 0.500 bits per heavy atom. The van der Waals surface area contributed by atoms with E-state index in [0.29, 0.717) is 25.7 Å². The molecule has 4 aromatic carbocycles. The van der Waals surface area contributed by atoms with Gasteiger partial charge in [-0.3, -0.25) is 0 Å². The monoisotopic (exact) mass is 660 g/mol. The van der Waals surface area contributed by atoms with Crippen molar-refractivity contribution in [3.05, 3.63) is 144 Å². The summed E-state index contributed by atoms with van der Waals surface area (Å²) in [5.41, 5.74) is 17.8. The Morgan fingerprint density at radius 1 is 0.354 bits per heavy atom. The van der Waals surface area contributed by atoms with E-state index in [0.717, 1.165) is 22.3 Å². The minimum Gasteiger partial charge on any atom is -0.544 e. The van der Waals surface area contributed by atoms with Gasteiger partial charge in [0.15, 0.2) is 0 Å². The molecule has 0 aromatic heterocycles. The van der Waals surface area contributed by atoms with Crippen molar-refractivity contribution in [2.45, 2.75) is 49.9 Å². The Morgan fingerprint density at radius 3 is 0.625 bits per heavy atom. The summed E-state index contributed by atoms with van der Waals surface area (Å²) in [6, 6.07) is 34.9. The lowest BCUT2D eigenvalue weighted by atomic mass is 10.1. The van der Waals surface area contributed by atoms with Crippen LogP contribution in [0.2, 0.25) is 0 Å². The number of carbonyl (C=O) groups is 4. The number of carbonyl (C=O) groups excluding carboxylic acids is 4. The van der Waals surface area contributed by atoms with Crippen LogP contribution in [0.4, 0.5) is 0 Å². The maximum absolute atomic E-state index is 10.3. The van der Waals surface area contributed by atoms with E-state index in [9.17, 15) is 39.6 Å². The number of hydrogen-bond acceptors (Lipinski definition) is 8. The van der Waals surface area contributed by atoms with Crippen molar-refractivity contribution < 1.29 is 62.5 Å². The molecule has 0 bridgehead atoms. The van der Waals surface area contributed by atoms with Crippen molar-refractivity contribution in [3.63, 3.8) is 0 Å². The van der Waals surface area contributed by atoms with E-state index in [1.54, 1.807) is 0 Å². The van der Waals surface area contributed by atoms with E-state index in [-0.39, 0.29) is 0 Å². The Labute approximate surface area is 279 Å². The van der Waals surface area contributed by atoms with Gasteiger partial charge < -0.3 is 62.5 Å². The topological polar surface area (TPSA) is 271 Å². The van der Waals surface area contributed by atoms with E-state index in [1.807, 2.05) is 121 Å².